The van der Waals surface area contributed by atoms with E-state index in [9.17, 15) is 9.18 Å². The topological polar surface area (TPSA) is 32.3 Å². The van der Waals surface area contributed by atoms with E-state index in [-0.39, 0.29) is 23.9 Å². The number of rotatable bonds is 2. The van der Waals surface area contributed by atoms with Gasteiger partial charge in [0.2, 0.25) is 0 Å². The van der Waals surface area contributed by atoms with Gasteiger partial charge in [-0.25, -0.2) is 4.39 Å². The lowest BCUT2D eigenvalue weighted by Crippen LogP contribution is -2.44. The number of carbonyl (C=O) groups is 1. The fourth-order valence-electron chi connectivity index (χ4n) is 4.09. The summed E-state index contributed by atoms with van der Waals surface area (Å²) in [5.41, 5.74) is 2.11. The third-order valence-corrected chi connectivity index (χ3v) is 6.07. The highest BCUT2D eigenvalue weighted by Gasteiger charge is 2.38. The first-order chi connectivity index (χ1) is 12.6. The highest BCUT2D eigenvalue weighted by molar-refractivity contribution is 6.30. The van der Waals surface area contributed by atoms with Gasteiger partial charge in [-0.2, -0.15) is 0 Å². The average Bonchev–Trinajstić information content (AvgIpc) is 3.10. The first-order valence-electron chi connectivity index (χ1n) is 9.12. The largest absolute Gasteiger partial charge is 0.339 e. The van der Waals surface area contributed by atoms with Gasteiger partial charge >= 0.3 is 0 Å². The third-order valence-electron chi connectivity index (χ3n) is 5.82. The Morgan fingerprint density at radius 2 is 1.70 bits per heavy atom. The fraction of sp³-hybridized carbons (Fsp3) is 0.381. The summed E-state index contributed by atoms with van der Waals surface area (Å²) in [5, 5.41) is 4.06. The zero-order valence-electron chi connectivity index (χ0n) is 15.0. The van der Waals surface area contributed by atoms with Crippen LogP contribution in [0.3, 0.4) is 0 Å². The lowest BCUT2D eigenvalue weighted by molar-refractivity contribution is 0.0603. The van der Waals surface area contributed by atoms with E-state index in [1.165, 1.54) is 12.5 Å². The smallest absolute Gasteiger partial charge is 0.256 e. The second-order valence-corrected chi connectivity index (χ2v) is 7.86. The molecule has 1 spiro atoms. The molecule has 1 N–H and O–H groups in total. The molecule has 2 heterocycles. The number of halogens is 3. The van der Waals surface area contributed by atoms with Gasteiger partial charge in [0.25, 0.3) is 5.91 Å². The van der Waals surface area contributed by atoms with E-state index < -0.39 is 5.82 Å². The number of likely N-dealkylation sites (tertiary alicyclic amines) is 1. The van der Waals surface area contributed by atoms with E-state index in [1.54, 1.807) is 29.2 Å². The van der Waals surface area contributed by atoms with Crippen LogP contribution in [0.5, 0.6) is 0 Å². The predicted molar refractivity (Wildman–Crippen MR) is 109 cm³/mol. The maximum atomic E-state index is 14.6. The van der Waals surface area contributed by atoms with Crippen LogP contribution < -0.4 is 5.32 Å². The molecule has 1 amide bonds. The lowest BCUT2D eigenvalue weighted by Gasteiger charge is -2.39. The van der Waals surface area contributed by atoms with Crippen LogP contribution in [0.4, 0.5) is 4.39 Å². The van der Waals surface area contributed by atoms with Gasteiger partial charge in [-0.05, 0) is 66.6 Å². The molecule has 2 fully saturated rings. The van der Waals surface area contributed by atoms with Crippen LogP contribution in [-0.4, -0.2) is 37.0 Å². The molecule has 2 aliphatic rings. The van der Waals surface area contributed by atoms with Crippen LogP contribution in [0.2, 0.25) is 5.02 Å². The van der Waals surface area contributed by atoms with Gasteiger partial charge in [0, 0.05) is 24.7 Å². The lowest BCUT2D eigenvalue weighted by atomic mass is 9.78. The number of piperidine rings is 1. The molecule has 6 heteroatoms. The third kappa shape index (κ3) is 4.13. The number of amides is 1. The van der Waals surface area contributed by atoms with E-state index in [0.717, 1.165) is 37.1 Å². The van der Waals surface area contributed by atoms with Crippen LogP contribution in [-0.2, 0) is 0 Å². The first kappa shape index (κ1) is 20.1. The number of nitrogens with one attached hydrogen (secondary N) is 1. The van der Waals surface area contributed by atoms with Crippen molar-refractivity contribution in [3.05, 3.63) is 58.9 Å². The molecule has 0 unspecified atom stereocenters. The Morgan fingerprint density at radius 3 is 2.30 bits per heavy atom. The quantitative estimate of drug-likeness (QED) is 0.774. The van der Waals surface area contributed by atoms with E-state index in [1.807, 2.05) is 12.1 Å². The molecule has 4 rings (SSSR count). The summed E-state index contributed by atoms with van der Waals surface area (Å²) in [7, 11) is 0. The summed E-state index contributed by atoms with van der Waals surface area (Å²) in [6.07, 6.45) is 3.17. The normalized spacial score (nSPS) is 18.4. The van der Waals surface area contributed by atoms with E-state index in [0.29, 0.717) is 23.5 Å². The van der Waals surface area contributed by atoms with Crippen molar-refractivity contribution in [2.45, 2.75) is 19.3 Å². The number of hydrogen-bond acceptors (Lipinski definition) is 2. The van der Waals surface area contributed by atoms with Crippen molar-refractivity contribution >= 4 is 29.9 Å². The molecule has 0 bridgehead atoms. The standard InChI is InChI=1S/C21H22ClFN2O.ClH/c22-17-4-1-15(2-5-17)16-3-6-18(19(23)13-16)20(26)25-11-8-21(9-12-25)7-10-24-14-21;/h1-6,13,24H,7-12,14H2;1H. The zero-order chi connectivity index (χ0) is 18.1. The van der Waals surface area contributed by atoms with Gasteiger partial charge in [-0.3, -0.25) is 4.79 Å². The Morgan fingerprint density at radius 1 is 1.04 bits per heavy atom. The molecular weight excluding hydrogens is 386 g/mol. The number of benzene rings is 2. The van der Waals surface area contributed by atoms with Gasteiger partial charge in [0.1, 0.15) is 5.82 Å². The Labute approximate surface area is 170 Å². The molecule has 0 radical (unpaired) electrons. The number of nitrogens with zero attached hydrogens (tertiary/aromatic N) is 1. The first-order valence-corrected chi connectivity index (χ1v) is 9.50. The van der Waals surface area contributed by atoms with Crippen molar-refractivity contribution in [2.75, 3.05) is 26.2 Å². The summed E-state index contributed by atoms with van der Waals surface area (Å²) in [6, 6.07) is 12.1. The molecule has 2 aromatic carbocycles. The summed E-state index contributed by atoms with van der Waals surface area (Å²) < 4.78 is 14.6. The average molecular weight is 409 g/mol. The number of carbonyl (C=O) groups excluding carboxylic acids is 1. The molecule has 0 aromatic heterocycles. The highest BCUT2D eigenvalue weighted by Crippen LogP contribution is 2.37. The monoisotopic (exact) mass is 408 g/mol. The molecule has 0 atom stereocenters. The minimum atomic E-state index is -0.467. The van der Waals surface area contributed by atoms with Crippen molar-refractivity contribution < 1.29 is 9.18 Å². The van der Waals surface area contributed by atoms with Crippen molar-refractivity contribution in [3.8, 4) is 11.1 Å². The van der Waals surface area contributed by atoms with Gasteiger partial charge in [0.15, 0.2) is 0 Å². The fourth-order valence-corrected chi connectivity index (χ4v) is 4.21. The van der Waals surface area contributed by atoms with Gasteiger partial charge in [-0.15, -0.1) is 12.4 Å². The van der Waals surface area contributed by atoms with E-state index in [2.05, 4.69) is 5.32 Å². The maximum Gasteiger partial charge on any atom is 0.256 e. The summed E-state index contributed by atoms with van der Waals surface area (Å²) in [5.74, 6) is -0.670. The molecular formula is C21H23Cl2FN2O. The van der Waals surface area contributed by atoms with Crippen molar-refractivity contribution in [1.82, 2.24) is 10.2 Å². The predicted octanol–water partition coefficient (Wildman–Crippen LogP) is 4.78. The van der Waals surface area contributed by atoms with E-state index >= 15 is 0 Å². The molecule has 3 nitrogen and oxygen atoms in total. The van der Waals surface area contributed by atoms with Crippen molar-refractivity contribution in [3.63, 3.8) is 0 Å². The summed E-state index contributed by atoms with van der Waals surface area (Å²) >= 11 is 5.90. The van der Waals surface area contributed by atoms with Crippen LogP contribution in [0.15, 0.2) is 42.5 Å². The van der Waals surface area contributed by atoms with Gasteiger partial charge < -0.3 is 10.2 Å². The van der Waals surface area contributed by atoms with Crippen LogP contribution in [0.25, 0.3) is 11.1 Å². The highest BCUT2D eigenvalue weighted by atomic mass is 35.5. The maximum absolute atomic E-state index is 14.6. The molecule has 0 saturated carbocycles. The molecule has 2 aromatic rings. The van der Waals surface area contributed by atoms with Gasteiger partial charge in [0.05, 0.1) is 5.56 Å². The van der Waals surface area contributed by atoms with Crippen LogP contribution in [0.1, 0.15) is 29.6 Å². The Hall–Kier alpha value is -1.62. The Balaban J connectivity index is 0.00000210. The Bertz CT molecular complexity index is 809. The zero-order valence-corrected chi connectivity index (χ0v) is 16.6. The minimum Gasteiger partial charge on any atom is -0.339 e. The number of hydrogen-bond donors (Lipinski definition) is 1. The summed E-state index contributed by atoms with van der Waals surface area (Å²) in [4.78, 5) is 14.6. The second-order valence-electron chi connectivity index (χ2n) is 7.42. The summed E-state index contributed by atoms with van der Waals surface area (Å²) in [6.45, 7) is 3.52. The van der Waals surface area contributed by atoms with Crippen LogP contribution >= 0.6 is 24.0 Å². The minimum absolute atomic E-state index is 0. The van der Waals surface area contributed by atoms with E-state index in [4.69, 9.17) is 11.6 Å². The SMILES string of the molecule is Cl.O=C(c1ccc(-c2ccc(Cl)cc2)cc1F)N1CCC2(CCNC2)CC1. The molecule has 27 heavy (non-hydrogen) atoms. The molecule has 144 valence electrons. The van der Waals surface area contributed by atoms with Crippen molar-refractivity contribution in [2.24, 2.45) is 5.41 Å². The molecule has 2 aliphatic heterocycles. The van der Waals surface area contributed by atoms with Crippen LogP contribution in [0, 0.1) is 11.2 Å². The molecule has 2 saturated heterocycles. The van der Waals surface area contributed by atoms with Gasteiger partial charge in [-0.1, -0.05) is 29.8 Å². The molecule has 0 aliphatic carbocycles. The Kier molecular flexibility index (Phi) is 6.09. The van der Waals surface area contributed by atoms with Crippen molar-refractivity contribution in [1.29, 1.82) is 0 Å². The second kappa shape index (κ2) is 8.17.